The number of alkyl carbamates (subject to hydrolysis) is 1. The van der Waals surface area contributed by atoms with Crippen LogP contribution in [-0.2, 0) is 4.74 Å². The van der Waals surface area contributed by atoms with E-state index in [0.29, 0.717) is 38.1 Å². The number of aliphatic imine (C=N–C) groups is 1. The summed E-state index contributed by atoms with van der Waals surface area (Å²) >= 11 is 0. The van der Waals surface area contributed by atoms with Crippen LogP contribution < -0.4 is 16.0 Å². The molecule has 3 N–H and O–H groups in total. The minimum absolute atomic E-state index is 0.0143. The van der Waals surface area contributed by atoms with Gasteiger partial charge in [-0.25, -0.2) is 13.6 Å². The Balaban J connectivity index is 1.72. The number of rotatable bonds is 8. The quantitative estimate of drug-likeness (QED) is 0.442. The molecule has 1 saturated heterocycles. The highest BCUT2D eigenvalue weighted by Gasteiger charge is 2.32. The Kier molecular flexibility index (Phi) is 8.34. The number of amides is 1. The summed E-state index contributed by atoms with van der Waals surface area (Å²) in [7, 11) is 1.70. The lowest BCUT2D eigenvalue weighted by Crippen LogP contribution is -2.52. The summed E-state index contributed by atoms with van der Waals surface area (Å²) < 4.78 is 29.8. The molecule has 0 aromatic heterocycles. The lowest BCUT2D eigenvalue weighted by molar-refractivity contribution is 0.0744. The minimum atomic E-state index is -2.28. The molecule has 1 atom stereocenters. The first-order valence-corrected chi connectivity index (χ1v) is 9.42. The van der Waals surface area contributed by atoms with Crippen LogP contribution in [0.5, 0.6) is 0 Å². The number of nitrogens with zero attached hydrogens (tertiary/aromatic N) is 2. The van der Waals surface area contributed by atoms with Gasteiger partial charge in [-0.1, -0.05) is 0 Å². The number of carbonyl (C=O) groups excluding carboxylic acids is 1. The maximum Gasteiger partial charge on any atom is 0.407 e. The topological polar surface area (TPSA) is 78.0 Å². The van der Waals surface area contributed by atoms with Gasteiger partial charge in [0.05, 0.1) is 19.2 Å². The van der Waals surface area contributed by atoms with Gasteiger partial charge in [-0.3, -0.25) is 9.89 Å². The predicted molar refractivity (Wildman–Crippen MR) is 96.6 cm³/mol. The number of hydrogen-bond donors (Lipinski definition) is 3. The molecule has 0 radical (unpaired) electrons. The van der Waals surface area contributed by atoms with Gasteiger partial charge in [0.1, 0.15) is 0 Å². The van der Waals surface area contributed by atoms with Crippen LogP contribution >= 0.6 is 0 Å². The molecule has 1 saturated carbocycles. The van der Waals surface area contributed by atoms with Crippen LogP contribution in [0.2, 0.25) is 0 Å². The van der Waals surface area contributed by atoms with E-state index in [1.807, 2.05) is 0 Å². The summed E-state index contributed by atoms with van der Waals surface area (Å²) in [5.41, 5.74) is 0. The Bertz CT molecular complexity index is 466. The van der Waals surface area contributed by atoms with Crippen molar-refractivity contribution in [3.05, 3.63) is 0 Å². The van der Waals surface area contributed by atoms with Crippen LogP contribution in [0, 0.1) is 5.92 Å². The van der Waals surface area contributed by atoms with Crippen molar-refractivity contribution >= 4 is 12.1 Å². The zero-order valence-corrected chi connectivity index (χ0v) is 15.6. The van der Waals surface area contributed by atoms with Crippen LogP contribution in [0.3, 0.4) is 0 Å². The molecule has 26 heavy (non-hydrogen) atoms. The molecule has 1 heterocycles. The predicted octanol–water partition coefficient (Wildman–Crippen LogP) is 1.41. The van der Waals surface area contributed by atoms with E-state index < -0.39 is 6.43 Å². The summed E-state index contributed by atoms with van der Waals surface area (Å²) in [6.07, 6.45) is 1.16. The fraction of sp³-hybridized carbons (Fsp3) is 0.882. The Morgan fingerprint density at radius 3 is 2.50 bits per heavy atom. The highest BCUT2D eigenvalue weighted by atomic mass is 19.3. The molecule has 1 aliphatic heterocycles. The van der Waals surface area contributed by atoms with E-state index in [1.54, 1.807) is 18.9 Å². The van der Waals surface area contributed by atoms with Crippen molar-refractivity contribution in [1.82, 2.24) is 20.9 Å². The van der Waals surface area contributed by atoms with E-state index in [-0.39, 0.29) is 24.7 Å². The number of ether oxygens (including phenoxy) is 1. The molecule has 1 aliphatic carbocycles. The molecular weight excluding hydrogens is 344 g/mol. The monoisotopic (exact) mass is 375 g/mol. The van der Waals surface area contributed by atoms with Gasteiger partial charge in [-0.15, -0.1) is 0 Å². The van der Waals surface area contributed by atoms with E-state index in [0.717, 1.165) is 25.7 Å². The molecule has 0 spiro atoms. The van der Waals surface area contributed by atoms with E-state index in [9.17, 15) is 13.6 Å². The molecule has 7 nitrogen and oxygen atoms in total. The molecule has 9 heteroatoms. The maximum atomic E-state index is 12.4. The highest BCUT2D eigenvalue weighted by molar-refractivity contribution is 5.80. The van der Waals surface area contributed by atoms with Crippen molar-refractivity contribution in [3.8, 4) is 0 Å². The molecule has 0 bridgehead atoms. The number of guanidine groups is 1. The van der Waals surface area contributed by atoms with Gasteiger partial charge in [0, 0.05) is 32.7 Å². The SMILES string of the molecule is CCOC(=O)NC(CNC(=NC)NC1CCN(CC(F)F)CC1)C1CC1. The molecule has 150 valence electrons. The van der Waals surface area contributed by atoms with Crippen molar-refractivity contribution in [3.63, 3.8) is 0 Å². The van der Waals surface area contributed by atoms with Crippen molar-refractivity contribution < 1.29 is 18.3 Å². The molecule has 2 aliphatic rings. The minimum Gasteiger partial charge on any atom is -0.450 e. The van der Waals surface area contributed by atoms with Gasteiger partial charge in [0.15, 0.2) is 5.96 Å². The maximum absolute atomic E-state index is 12.4. The first-order chi connectivity index (χ1) is 12.5. The van der Waals surface area contributed by atoms with E-state index >= 15 is 0 Å². The van der Waals surface area contributed by atoms with Crippen molar-refractivity contribution in [2.75, 3.05) is 39.8 Å². The largest absolute Gasteiger partial charge is 0.450 e. The Morgan fingerprint density at radius 2 is 1.96 bits per heavy atom. The van der Waals surface area contributed by atoms with Crippen LogP contribution in [0.4, 0.5) is 13.6 Å². The van der Waals surface area contributed by atoms with E-state index in [1.165, 1.54) is 0 Å². The molecule has 0 aromatic rings. The number of likely N-dealkylation sites (tertiary alicyclic amines) is 1. The molecule has 1 unspecified atom stereocenters. The summed E-state index contributed by atoms with van der Waals surface area (Å²) in [5, 5.41) is 9.52. The highest BCUT2D eigenvalue weighted by Crippen LogP contribution is 2.32. The standard InChI is InChI=1S/C17H31F2N5O2/c1-3-26-17(25)23-14(12-4-5-12)10-21-16(20-2)22-13-6-8-24(9-7-13)11-15(18)19/h12-15H,3-11H2,1-2H3,(H,23,25)(H2,20,21,22). The van der Waals surface area contributed by atoms with Crippen molar-refractivity contribution in [1.29, 1.82) is 0 Å². The zero-order valence-electron chi connectivity index (χ0n) is 15.6. The van der Waals surface area contributed by atoms with Crippen molar-refractivity contribution in [2.24, 2.45) is 10.9 Å². The van der Waals surface area contributed by atoms with Gasteiger partial charge in [-0.05, 0) is 38.5 Å². The van der Waals surface area contributed by atoms with Gasteiger partial charge in [0.2, 0.25) is 0 Å². The Morgan fingerprint density at radius 1 is 1.27 bits per heavy atom. The second-order valence-corrected chi connectivity index (χ2v) is 6.87. The summed E-state index contributed by atoms with van der Waals surface area (Å²) in [4.78, 5) is 17.7. The third kappa shape index (κ3) is 7.31. The van der Waals surface area contributed by atoms with Crippen LogP contribution in [0.15, 0.2) is 4.99 Å². The first-order valence-electron chi connectivity index (χ1n) is 9.42. The lowest BCUT2D eigenvalue weighted by atomic mass is 10.1. The third-order valence-corrected chi connectivity index (χ3v) is 4.81. The normalized spacial score (nSPS) is 20.7. The number of alkyl halides is 2. The number of nitrogens with one attached hydrogen (secondary N) is 3. The lowest BCUT2D eigenvalue weighted by Gasteiger charge is -2.33. The molecule has 0 aromatic carbocycles. The van der Waals surface area contributed by atoms with Gasteiger partial charge >= 0.3 is 6.09 Å². The average molecular weight is 375 g/mol. The van der Waals surface area contributed by atoms with Crippen molar-refractivity contribution in [2.45, 2.75) is 51.1 Å². The molecule has 2 rings (SSSR count). The number of carbonyl (C=O) groups is 1. The fourth-order valence-corrected chi connectivity index (χ4v) is 3.21. The van der Waals surface area contributed by atoms with Gasteiger partial charge in [0.25, 0.3) is 6.43 Å². The zero-order chi connectivity index (χ0) is 18.9. The van der Waals surface area contributed by atoms with Gasteiger partial charge < -0.3 is 20.7 Å². The van der Waals surface area contributed by atoms with E-state index in [2.05, 4.69) is 20.9 Å². The molecular formula is C17H31F2N5O2. The first kappa shape index (κ1) is 20.7. The number of halogens is 2. The van der Waals surface area contributed by atoms with Crippen LogP contribution in [0.1, 0.15) is 32.6 Å². The summed E-state index contributed by atoms with van der Waals surface area (Å²) in [5.74, 6) is 1.15. The van der Waals surface area contributed by atoms with Gasteiger partial charge in [-0.2, -0.15) is 0 Å². The van der Waals surface area contributed by atoms with E-state index in [4.69, 9.17) is 4.74 Å². The molecule has 1 amide bonds. The fourth-order valence-electron chi connectivity index (χ4n) is 3.21. The molecule has 2 fully saturated rings. The number of piperidine rings is 1. The third-order valence-electron chi connectivity index (χ3n) is 4.81. The number of hydrogen-bond acceptors (Lipinski definition) is 4. The smallest absolute Gasteiger partial charge is 0.407 e. The van der Waals surface area contributed by atoms with Crippen LogP contribution in [0.25, 0.3) is 0 Å². The summed E-state index contributed by atoms with van der Waals surface area (Å²) in [6, 6.07) is 0.230. The second kappa shape index (κ2) is 10.5. The Hall–Kier alpha value is -1.64. The Labute approximate surface area is 153 Å². The second-order valence-electron chi connectivity index (χ2n) is 6.87. The summed E-state index contributed by atoms with van der Waals surface area (Å²) in [6.45, 7) is 3.88. The average Bonchev–Trinajstić information content (AvgIpc) is 3.43. The van der Waals surface area contributed by atoms with Crippen LogP contribution in [-0.4, -0.2) is 75.3 Å².